The van der Waals surface area contributed by atoms with E-state index in [2.05, 4.69) is 10.0 Å². The topological polar surface area (TPSA) is 58.2 Å². The van der Waals surface area contributed by atoms with Crippen molar-refractivity contribution in [3.05, 3.63) is 46.2 Å². The molecule has 0 fully saturated rings. The Morgan fingerprint density at radius 2 is 2.24 bits per heavy atom. The molecule has 0 aliphatic carbocycles. The Morgan fingerprint density at radius 1 is 1.38 bits per heavy atom. The quantitative estimate of drug-likeness (QED) is 0.889. The minimum absolute atomic E-state index is 0.165. The number of anilines is 1. The fourth-order valence-electron chi connectivity index (χ4n) is 2.54. The van der Waals surface area contributed by atoms with Crippen molar-refractivity contribution in [2.75, 3.05) is 11.9 Å². The van der Waals surface area contributed by atoms with Gasteiger partial charge in [0.05, 0.1) is 10.9 Å². The van der Waals surface area contributed by atoms with Gasteiger partial charge in [0.2, 0.25) is 10.0 Å². The molecule has 1 aromatic heterocycles. The van der Waals surface area contributed by atoms with Crippen LogP contribution in [0.25, 0.3) is 0 Å². The van der Waals surface area contributed by atoms with Crippen molar-refractivity contribution in [1.29, 1.82) is 0 Å². The van der Waals surface area contributed by atoms with E-state index in [1.54, 1.807) is 23.5 Å². The van der Waals surface area contributed by atoms with Crippen LogP contribution in [0.5, 0.6) is 0 Å². The van der Waals surface area contributed by atoms with Gasteiger partial charge in [-0.2, -0.15) is 0 Å². The van der Waals surface area contributed by atoms with Crippen LogP contribution in [0.15, 0.2) is 40.6 Å². The summed E-state index contributed by atoms with van der Waals surface area (Å²) in [5.41, 5.74) is 2.11. The Balaban J connectivity index is 1.86. The van der Waals surface area contributed by atoms with Crippen molar-refractivity contribution in [3.8, 4) is 0 Å². The molecule has 21 heavy (non-hydrogen) atoms. The number of hydrogen-bond donors (Lipinski definition) is 2. The number of hydrogen-bond acceptors (Lipinski definition) is 4. The second-order valence-corrected chi connectivity index (χ2v) is 7.79. The highest BCUT2D eigenvalue weighted by Gasteiger charge is 2.22. The van der Waals surface area contributed by atoms with Crippen LogP contribution in [-0.2, 0) is 16.4 Å². The Morgan fingerprint density at radius 3 is 2.95 bits per heavy atom. The van der Waals surface area contributed by atoms with Crippen LogP contribution >= 0.6 is 11.3 Å². The lowest BCUT2D eigenvalue weighted by Gasteiger charge is -2.16. The molecule has 0 spiro atoms. The van der Waals surface area contributed by atoms with Gasteiger partial charge in [0.25, 0.3) is 0 Å². The van der Waals surface area contributed by atoms with Crippen molar-refractivity contribution in [2.24, 2.45) is 0 Å². The van der Waals surface area contributed by atoms with Crippen molar-refractivity contribution >= 4 is 27.0 Å². The molecule has 1 aliphatic rings. The summed E-state index contributed by atoms with van der Waals surface area (Å²) >= 11 is 1.57. The zero-order valence-electron chi connectivity index (χ0n) is 11.8. The maximum atomic E-state index is 12.6. The number of thiophene rings is 1. The normalized spacial score (nSPS) is 15.5. The average molecular weight is 322 g/mol. The summed E-state index contributed by atoms with van der Waals surface area (Å²) in [7, 11) is -3.49. The van der Waals surface area contributed by atoms with Gasteiger partial charge in [-0.25, -0.2) is 13.1 Å². The molecule has 2 heterocycles. The average Bonchev–Trinajstić information content (AvgIpc) is 3.14. The van der Waals surface area contributed by atoms with Crippen LogP contribution in [-0.4, -0.2) is 15.0 Å². The molecule has 0 bridgehead atoms. The molecule has 1 unspecified atom stereocenters. The lowest BCUT2D eigenvalue weighted by molar-refractivity contribution is 0.553. The van der Waals surface area contributed by atoms with Gasteiger partial charge in [-0.15, -0.1) is 11.3 Å². The summed E-state index contributed by atoms with van der Waals surface area (Å²) in [6, 6.07) is 9.04. The molecule has 4 nitrogen and oxygen atoms in total. The van der Waals surface area contributed by atoms with E-state index in [1.165, 1.54) is 0 Å². The number of benzene rings is 1. The van der Waals surface area contributed by atoms with Crippen LogP contribution in [0.2, 0.25) is 0 Å². The fraction of sp³-hybridized carbons (Fsp3) is 0.333. The second-order valence-electron chi connectivity index (χ2n) is 5.09. The molecule has 0 amide bonds. The lowest BCUT2D eigenvalue weighted by atomic mass is 10.2. The molecule has 0 saturated carbocycles. The summed E-state index contributed by atoms with van der Waals surface area (Å²) in [5, 5.41) is 5.21. The Kier molecular flexibility index (Phi) is 4.01. The molecule has 6 heteroatoms. The van der Waals surface area contributed by atoms with E-state index in [0.29, 0.717) is 4.90 Å². The third-order valence-electron chi connectivity index (χ3n) is 3.69. The highest BCUT2D eigenvalue weighted by molar-refractivity contribution is 7.89. The van der Waals surface area contributed by atoms with Gasteiger partial charge in [0.1, 0.15) is 0 Å². The minimum atomic E-state index is -3.49. The van der Waals surface area contributed by atoms with E-state index in [0.717, 1.165) is 35.5 Å². The summed E-state index contributed by atoms with van der Waals surface area (Å²) < 4.78 is 28.0. The van der Waals surface area contributed by atoms with E-state index in [9.17, 15) is 8.42 Å². The monoisotopic (exact) mass is 322 g/mol. The van der Waals surface area contributed by atoms with E-state index in [1.807, 2.05) is 30.5 Å². The first-order valence-electron chi connectivity index (χ1n) is 7.02. The first kappa shape index (κ1) is 14.6. The molecule has 1 aromatic carbocycles. The van der Waals surface area contributed by atoms with E-state index in [4.69, 9.17) is 0 Å². The number of rotatable bonds is 5. The molecule has 1 aliphatic heterocycles. The van der Waals surface area contributed by atoms with Gasteiger partial charge in [-0.05, 0) is 48.1 Å². The molecule has 2 aromatic rings. The number of sulfonamides is 1. The van der Waals surface area contributed by atoms with Gasteiger partial charge < -0.3 is 5.32 Å². The van der Waals surface area contributed by atoms with Crippen LogP contribution < -0.4 is 10.0 Å². The maximum Gasteiger partial charge on any atom is 0.241 e. The molecule has 1 atom stereocenters. The molecule has 2 N–H and O–H groups in total. The predicted octanol–water partition coefficient (Wildman–Crippen LogP) is 3.15. The third-order valence-corrected chi connectivity index (χ3v) is 6.14. The molecular formula is C15H18N2O2S2. The Hall–Kier alpha value is -1.37. The fourth-order valence-corrected chi connectivity index (χ4v) is 4.82. The van der Waals surface area contributed by atoms with E-state index >= 15 is 0 Å². The first-order valence-corrected chi connectivity index (χ1v) is 9.39. The van der Waals surface area contributed by atoms with Gasteiger partial charge >= 0.3 is 0 Å². The predicted molar refractivity (Wildman–Crippen MR) is 86.3 cm³/mol. The van der Waals surface area contributed by atoms with Crippen molar-refractivity contribution in [1.82, 2.24) is 4.72 Å². The standard InChI is InChI=1S/C15H18N2O2S2/c1-2-13(15-4-3-9-20-15)17-21(18,19)12-5-6-14-11(10-12)7-8-16-14/h3-6,9-10,13,16-17H,2,7-8H2,1H3. The SMILES string of the molecule is CCC(NS(=O)(=O)c1ccc2c(c1)CCN2)c1cccs1. The van der Waals surface area contributed by atoms with Gasteiger partial charge in [-0.1, -0.05) is 13.0 Å². The Bertz CT molecular complexity index is 724. The Labute approximate surface area is 129 Å². The smallest absolute Gasteiger partial charge is 0.241 e. The summed E-state index contributed by atoms with van der Waals surface area (Å²) in [5.74, 6) is 0. The minimum Gasteiger partial charge on any atom is -0.384 e. The summed E-state index contributed by atoms with van der Waals surface area (Å²) in [6.45, 7) is 2.86. The third kappa shape index (κ3) is 2.97. The first-order chi connectivity index (χ1) is 10.1. The van der Waals surface area contributed by atoms with Crippen LogP contribution in [0.4, 0.5) is 5.69 Å². The zero-order chi connectivity index (χ0) is 14.9. The second kappa shape index (κ2) is 5.79. The summed E-state index contributed by atoms with van der Waals surface area (Å²) in [4.78, 5) is 1.39. The summed E-state index contributed by atoms with van der Waals surface area (Å²) in [6.07, 6.45) is 1.60. The molecule has 3 rings (SSSR count). The maximum absolute atomic E-state index is 12.6. The highest BCUT2D eigenvalue weighted by atomic mass is 32.2. The van der Waals surface area contributed by atoms with Crippen LogP contribution in [0.1, 0.15) is 29.8 Å². The zero-order valence-corrected chi connectivity index (χ0v) is 13.4. The van der Waals surface area contributed by atoms with Crippen LogP contribution in [0, 0.1) is 0 Å². The van der Waals surface area contributed by atoms with Crippen molar-refractivity contribution in [3.63, 3.8) is 0 Å². The van der Waals surface area contributed by atoms with Crippen LogP contribution in [0.3, 0.4) is 0 Å². The van der Waals surface area contributed by atoms with E-state index < -0.39 is 10.0 Å². The number of fused-ring (bicyclic) bond motifs is 1. The molecule has 0 radical (unpaired) electrons. The number of nitrogens with one attached hydrogen (secondary N) is 2. The molecular weight excluding hydrogens is 304 g/mol. The largest absolute Gasteiger partial charge is 0.384 e. The van der Waals surface area contributed by atoms with Gasteiger partial charge in [0, 0.05) is 17.1 Å². The molecule has 112 valence electrons. The molecule has 0 saturated heterocycles. The van der Waals surface area contributed by atoms with Gasteiger partial charge in [-0.3, -0.25) is 0 Å². The van der Waals surface area contributed by atoms with Gasteiger partial charge in [0.15, 0.2) is 0 Å². The highest BCUT2D eigenvalue weighted by Crippen LogP contribution is 2.27. The van der Waals surface area contributed by atoms with Crippen molar-refractivity contribution < 1.29 is 8.42 Å². The van der Waals surface area contributed by atoms with Crippen molar-refractivity contribution in [2.45, 2.75) is 30.7 Å². The van der Waals surface area contributed by atoms with E-state index in [-0.39, 0.29) is 6.04 Å². The lowest BCUT2D eigenvalue weighted by Crippen LogP contribution is -2.27.